The van der Waals surface area contributed by atoms with Gasteiger partial charge in [0.05, 0.1) is 23.0 Å². The van der Waals surface area contributed by atoms with Gasteiger partial charge in [0.15, 0.2) is 0 Å². The highest BCUT2D eigenvalue weighted by atomic mass is 35.5. The standard InChI is InChI=1S/C20H15ClN4O5/c1-12-10-13(6-7-15(12)21)23(9-3-8-22)17(26)11-24-19(27)14-4-2-5-16(25(29)30)18(14)20(24)28/h2,4-7,10H,3,9,11H2,1H3. The molecule has 0 N–H and O–H groups in total. The monoisotopic (exact) mass is 426 g/mol. The Balaban J connectivity index is 1.91. The number of hydrogen-bond donors (Lipinski definition) is 0. The number of nitro groups is 1. The Morgan fingerprint density at radius 1 is 1.27 bits per heavy atom. The topological polar surface area (TPSA) is 125 Å². The van der Waals surface area contributed by atoms with Crippen molar-refractivity contribution in [1.29, 1.82) is 5.26 Å². The second kappa shape index (κ2) is 8.31. The van der Waals surface area contributed by atoms with Gasteiger partial charge >= 0.3 is 0 Å². The molecule has 0 radical (unpaired) electrons. The van der Waals surface area contributed by atoms with Crippen molar-refractivity contribution < 1.29 is 19.3 Å². The Bertz CT molecular complexity index is 1120. The van der Waals surface area contributed by atoms with E-state index in [4.69, 9.17) is 16.9 Å². The van der Waals surface area contributed by atoms with E-state index < -0.39 is 34.9 Å². The van der Waals surface area contributed by atoms with Gasteiger partial charge in [0, 0.05) is 23.3 Å². The van der Waals surface area contributed by atoms with Gasteiger partial charge in [0.1, 0.15) is 12.1 Å². The summed E-state index contributed by atoms with van der Waals surface area (Å²) in [6, 6.07) is 10.6. The molecule has 2 aromatic carbocycles. The number of carbonyl (C=O) groups excluding carboxylic acids is 3. The molecule has 3 rings (SSSR count). The number of nitrogens with zero attached hydrogens (tertiary/aromatic N) is 4. The van der Waals surface area contributed by atoms with Gasteiger partial charge in [-0.15, -0.1) is 0 Å². The maximum atomic E-state index is 13.0. The van der Waals surface area contributed by atoms with Crippen molar-refractivity contribution in [3.63, 3.8) is 0 Å². The molecule has 30 heavy (non-hydrogen) atoms. The summed E-state index contributed by atoms with van der Waals surface area (Å²) in [6.07, 6.45) is 0.0288. The van der Waals surface area contributed by atoms with Crippen molar-refractivity contribution in [2.24, 2.45) is 0 Å². The zero-order valence-electron chi connectivity index (χ0n) is 15.8. The number of aryl methyl sites for hydroxylation is 1. The molecular weight excluding hydrogens is 412 g/mol. The van der Waals surface area contributed by atoms with E-state index in [-0.39, 0.29) is 24.1 Å². The van der Waals surface area contributed by atoms with Gasteiger partial charge < -0.3 is 4.90 Å². The molecule has 152 valence electrons. The van der Waals surface area contributed by atoms with E-state index in [1.165, 1.54) is 17.0 Å². The molecule has 10 heteroatoms. The van der Waals surface area contributed by atoms with Crippen LogP contribution in [0.2, 0.25) is 5.02 Å². The smallest absolute Gasteiger partial charge is 0.282 e. The fraction of sp³-hybridized carbons (Fsp3) is 0.200. The van der Waals surface area contributed by atoms with E-state index in [0.717, 1.165) is 6.07 Å². The van der Waals surface area contributed by atoms with E-state index in [9.17, 15) is 24.5 Å². The summed E-state index contributed by atoms with van der Waals surface area (Å²) in [5.74, 6) is -2.29. The minimum absolute atomic E-state index is 0.0288. The number of anilines is 1. The lowest BCUT2D eigenvalue weighted by atomic mass is 10.1. The summed E-state index contributed by atoms with van der Waals surface area (Å²) in [5.41, 5.74) is 0.231. The zero-order chi connectivity index (χ0) is 22.0. The van der Waals surface area contributed by atoms with Crippen LogP contribution in [0.3, 0.4) is 0 Å². The third kappa shape index (κ3) is 3.73. The van der Waals surface area contributed by atoms with Crippen LogP contribution < -0.4 is 4.90 Å². The zero-order valence-corrected chi connectivity index (χ0v) is 16.5. The van der Waals surface area contributed by atoms with Crippen LogP contribution in [-0.2, 0) is 4.79 Å². The maximum Gasteiger partial charge on any atom is 0.282 e. The summed E-state index contributed by atoms with van der Waals surface area (Å²) in [7, 11) is 0. The summed E-state index contributed by atoms with van der Waals surface area (Å²) >= 11 is 6.03. The molecule has 0 saturated heterocycles. The van der Waals surface area contributed by atoms with Crippen LogP contribution >= 0.6 is 11.6 Å². The summed E-state index contributed by atoms with van der Waals surface area (Å²) in [5, 5.41) is 20.6. The Hall–Kier alpha value is -3.77. The average molecular weight is 427 g/mol. The number of hydrogen-bond acceptors (Lipinski definition) is 6. The van der Waals surface area contributed by atoms with Crippen LogP contribution in [0, 0.1) is 28.4 Å². The first-order valence-electron chi connectivity index (χ1n) is 8.83. The number of nitriles is 1. The summed E-state index contributed by atoms with van der Waals surface area (Å²) in [6.45, 7) is 1.18. The molecule has 1 heterocycles. The second-order valence-electron chi connectivity index (χ2n) is 6.54. The predicted molar refractivity (Wildman–Crippen MR) is 107 cm³/mol. The third-order valence-electron chi connectivity index (χ3n) is 4.67. The summed E-state index contributed by atoms with van der Waals surface area (Å²) < 4.78 is 0. The normalized spacial score (nSPS) is 12.5. The van der Waals surface area contributed by atoms with Crippen molar-refractivity contribution in [2.75, 3.05) is 18.0 Å². The first-order valence-corrected chi connectivity index (χ1v) is 9.21. The Morgan fingerprint density at radius 3 is 2.63 bits per heavy atom. The minimum atomic E-state index is -0.900. The van der Waals surface area contributed by atoms with Crippen molar-refractivity contribution >= 4 is 40.7 Å². The molecule has 0 saturated carbocycles. The predicted octanol–water partition coefficient (Wildman–Crippen LogP) is 3.10. The largest absolute Gasteiger partial charge is 0.310 e. The Kier molecular flexibility index (Phi) is 5.80. The van der Waals surface area contributed by atoms with E-state index in [0.29, 0.717) is 21.2 Å². The first kappa shape index (κ1) is 21.0. The highest BCUT2D eigenvalue weighted by Gasteiger charge is 2.42. The molecule has 0 unspecified atom stereocenters. The molecule has 0 spiro atoms. The third-order valence-corrected chi connectivity index (χ3v) is 5.09. The quantitative estimate of drug-likeness (QED) is 0.397. The van der Waals surface area contributed by atoms with Gasteiger partial charge in [-0.05, 0) is 36.8 Å². The number of benzene rings is 2. The lowest BCUT2D eigenvalue weighted by Gasteiger charge is -2.24. The fourth-order valence-corrected chi connectivity index (χ4v) is 3.31. The maximum absolute atomic E-state index is 13.0. The second-order valence-corrected chi connectivity index (χ2v) is 6.95. The van der Waals surface area contributed by atoms with Crippen molar-refractivity contribution in [3.8, 4) is 6.07 Å². The molecule has 9 nitrogen and oxygen atoms in total. The number of amides is 3. The van der Waals surface area contributed by atoms with Crippen LogP contribution in [-0.4, -0.2) is 40.6 Å². The van der Waals surface area contributed by atoms with Crippen LogP contribution in [0.5, 0.6) is 0 Å². The molecular formula is C20H15ClN4O5. The molecule has 2 aromatic rings. The number of fused-ring (bicyclic) bond motifs is 1. The number of carbonyl (C=O) groups is 3. The molecule has 3 amide bonds. The van der Waals surface area contributed by atoms with Gasteiger partial charge in [-0.25, -0.2) is 0 Å². The van der Waals surface area contributed by atoms with Crippen molar-refractivity contribution in [1.82, 2.24) is 4.90 Å². The molecule has 0 fully saturated rings. The molecule has 0 aromatic heterocycles. The van der Waals surface area contributed by atoms with E-state index >= 15 is 0 Å². The number of halogens is 1. The van der Waals surface area contributed by atoms with Crippen LogP contribution in [0.15, 0.2) is 36.4 Å². The molecule has 0 aliphatic carbocycles. The number of rotatable bonds is 6. The van der Waals surface area contributed by atoms with Gasteiger partial charge in [0.2, 0.25) is 5.91 Å². The number of nitro benzene ring substituents is 1. The molecule has 1 aliphatic heterocycles. The SMILES string of the molecule is Cc1cc(N(CCC#N)C(=O)CN2C(=O)c3cccc([N+](=O)[O-])c3C2=O)ccc1Cl. The lowest BCUT2D eigenvalue weighted by Crippen LogP contribution is -2.43. The van der Waals surface area contributed by atoms with Gasteiger partial charge in [0.25, 0.3) is 17.5 Å². The molecule has 1 aliphatic rings. The first-order chi connectivity index (χ1) is 14.3. The fourth-order valence-electron chi connectivity index (χ4n) is 3.19. The van der Waals surface area contributed by atoms with Gasteiger partial charge in [-0.2, -0.15) is 5.26 Å². The molecule has 0 bridgehead atoms. The van der Waals surface area contributed by atoms with Crippen molar-refractivity contribution in [2.45, 2.75) is 13.3 Å². The number of imide groups is 1. The van der Waals surface area contributed by atoms with Crippen LogP contribution in [0.1, 0.15) is 32.7 Å². The highest BCUT2D eigenvalue weighted by Crippen LogP contribution is 2.31. The average Bonchev–Trinajstić information content (AvgIpc) is 2.95. The lowest BCUT2D eigenvalue weighted by molar-refractivity contribution is -0.385. The summed E-state index contributed by atoms with van der Waals surface area (Å²) in [4.78, 5) is 50.7. The van der Waals surface area contributed by atoms with Gasteiger partial charge in [-0.1, -0.05) is 17.7 Å². The van der Waals surface area contributed by atoms with E-state index in [1.807, 2.05) is 6.07 Å². The highest BCUT2D eigenvalue weighted by molar-refractivity contribution is 6.31. The van der Waals surface area contributed by atoms with E-state index in [1.54, 1.807) is 25.1 Å². The van der Waals surface area contributed by atoms with E-state index in [2.05, 4.69) is 0 Å². The van der Waals surface area contributed by atoms with Crippen LogP contribution in [0.25, 0.3) is 0 Å². The van der Waals surface area contributed by atoms with Crippen LogP contribution in [0.4, 0.5) is 11.4 Å². The van der Waals surface area contributed by atoms with Gasteiger partial charge in [-0.3, -0.25) is 29.4 Å². The molecule has 0 atom stereocenters. The Morgan fingerprint density at radius 2 is 2.00 bits per heavy atom. The van der Waals surface area contributed by atoms with Crippen molar-refractivity contribution in [3.05, 3.63) is 68.2 Å². The Labute approximate surface area is 176 Å². The minimum Gasteiger partial charge on any atom is -0.310 e.